The van der Waals surface area contributed by atoms with E-state index in [0.717, 1.165) is 43.6 Å². The van der Waals surface area contributed by atoms with Gasteiger partial charge in [0.25, 0.3) is 0 Å². The molecule has 180 valence electrons. The molecule has 3 N–H and O–H groups in total. The van der Waals surface area contributed by atoms with Crippen LogP contribution in [0.4, 0.5) is 21.0 Å². The van der Waals surface area contributed by atoms with E-state index in [2.05, 4.69) is 36.9 Å². The van der Waals surface area contributed by atoms with E-state index in [0.29, 0.717) is 34.7 Å². The first-order valence-corrected chi connectivity index (χ1v) is 11.9. The number of nitrogens with zero attached hydrogens (tertiary/aromatic N) is 5. The minimum atomic E-state index is -1.53. The van der Waals surface area contributed by atoms with Crippen LogP contribution in [0.1, 0.15) is 61.1 Å². The molecule has 3 aromatic rings. The van der Waals surface area contributed by atoms with Crippen molar-refractivity contribution in [3.05, 3.63) is 35.4 Å². The molecule has 8 rings (SSSR count). The van der Waals surface area contributed by atoms with E-state index in [1.807, 2.05) is 0 Å². The van der Waals surface area contributed by atoms with Crippen LogP contribution >= 0.6 is 0 Å². The number of alkyl carbamates (subject to hydrolysis) is 1. The molecular formula is C23H23FN8O3. The van der Waals surface area contributed by atoms with Gasteiger partial charge in [0.2, 0.25) is 5.95 Å². The molecule has 0 spiro atoms. The zero-order valence-corrected chi connectivity index (χ0v) is 18.7. The lowest BCUT2D eigenvalue weighted by Crippen LogP contribution is -2.68. The molecule has 0 aromatic carbocycles. The summed E-state index contributed by atoms with van der Waals surface area (Å²) in [5, 5.41) is 22.3. The van der Waals surface area contributed by atoms with E-state index in [4.69, 9.17) is 9.47 Å². The molecule has 4 aliphatic carbocycles. The molecule has 1 aliphatic heterocycles. The summed E-state index contributed by atoms with van der Waals surface area (Å²) in [5.41, 5.74) is 2.30. The summed E-state index contributed by atoms with van der Waals surface area (Å²) in [4.78, 5) is 21.1. The van der Waals surface area contributed by atoms with Crippen LogP contribution in [0.25, 0.3) is 5.65 Å². The van der Waals surface area contributed by atoms with Gasteiger partial charge in [0.05, 0.1) is 18.5 Å². The van der Waals surface area contributed by atoms with Crippen LogP contribution in [0.5, 0.6) is 0 Å². The van der Waals surface area contributed by atoms with Gasteiger partial charge in [-0.2, -0.15) is 10.4 Å². The number of hydrogen-bond acceptors (Lipinski definition) is 8. The molecule has 3 aromatic heterocycles. The van der Waals surface area contributed by atoms with Crippen LogP contribution in [0.2, 0.25) is 0 Å². The topological polar surface area (TPSA) is 142 Å². The van der Waals surface area contributed by atoms with Crippen LogP contribution in [0, 0.1) is 17.2 Å². The summed E-state index contributed by atoms with van der Waals surface area (Å²) in [6.45, 7) is -0.0343. The number of nitriles is 1. The van der Waals surface area contributed by atoms with Crippen LogP contribution in [-0.2, 0) is 9.47 Å². The number of aromatic nitrogens is 5. The van der Waals surface area contributed by atoms with Crippen molar-refractivity contribution >= 4 is 23.5 Å². The predicted molar refractivity (Wildman–Crippen MR) is 119 cm³/mol. The third-order valence-corrected chi connectivity index (χ3v) is 7.54. The normalized spacial score (nSPS) is 30.9. The first-order valence-electron chi connectivity index (χ1n) is 11.9. The lowest BCUT2D eigenvalue weighted by molar-refractivity contribution is -0.0528. The molecule has 5 fully saturated rings. The lowest BCUT2D eigenvalue weighted by atomic mass is 9.50. The Balaban J connectivity index is 1.04. The Bertz CT molecular complexity index is 1360. The summed E-state index contributed by atoms with van der Waals surface area (Å²) in [5.74, 6) is 1.98. The highest BCUT2D eigenvalue weighted by Gasteiger charge is 2.58. The maximum Gasteiger partial charge on any atom is 0.408 e. The van der Waals surface area contributed by atoms with Gasteiger partial charge in [-0.15, -0.1) is 0 Å². The Morgan fingerprint density at radius 3 is 2.91 bits per heavy atom. The van der Waals surface area contributed by atoms with Gasteiger partial charge in [-0.05, 0) is 43.9 Å². The maximum absolute atomic E-state index is 15.1. The van der Waals surface area contributed by atoms with Crippen molar-refractivity contribution in [3.63, 3.8) is 0 Å². The average molecular weight is 478 g/mol. The van der Waals surface area contributed by atoms with Gasteiger partial charge in [0.1, 0.15) is 17.8 Å². The number of amides is 1. The molecular weight excluding hydrogens is 455 g/mol. The standard InChI is InChI=1S/C23H23FN8O3/c24-18-16(35-22(33)29-23-4-11(5-23)6-23)10-34-19(18)15-3-17(31-30-15)28-21-26-8-14(12-1-2-12)20-27-13(7-25)9-32(20)21/h3,8-9,11-12,16,18-19H,1-2,4-6,10H2,(H,29,33)(H2,26,28,30,31)/t11?,16-,18-,19-,23?/m0/s1. The highest BCUT2D eigenvalue weighted by Crippen LogP contribution is 2.57. The third-order valence-electron chi connectivity index (χ3n) is 7.54. The number of imidazole rings is 1. The molecule has 1 saturated heterocycles. The van der Waals surface area contributed by atoms with Crippen molar-refractivity contribution in [2.45, 2.75) is 61.9 Å². The van der Waals surface area contributed by atoms with Crippen molar-refractivity contribution in [2.24, 2.45) is 5.92 Å². The van der Waals surface area contributed by atoms with Gasteiger partial charge < -0.3 is 20.1 Å². The van der Waals surface area contributed by atoms with Crippen molar-refractivity contribution < 1.29 is 18.7 Å². The average Bonchev–Trinajstić information content (AvgIpc) is 3.20. The first kappa shape index (κ1) is 20.6. The molecule has 4 saturated carbocycles. The highest BCUT2D eigenvalue weighted by atomic mass is 19.1. The Morgan fingerprint density at radius 2 is 2.20 bits per heavy atom. The molecule has 1 amide bonds. The van der Waals surface area contributed by atoms with E-state index in [1.54, 1.807) is 22.9 Å². The van der Waals surface area contributed by atoms with Crippen molar-refractivity contribution in [3.8, 4) is 6.07 Å². The van der Waals surface area contributed by atoms with Gasteiger partial charge in [-0.25, -0.2) is 19.2 Å². The van der Waals surface area contributed by atoms with Gasteiger partial charge in [0, 0.05) is 23.4 Å². The molecule has 12 heteroatoms. The number of halogens is 1. The summed E-state index contributed by atoms with van der Waals surface area (Å²) in [6, 6.07) is 3.70. The Kier molecular flexibility index (Phi) is 4.36. The molecule has 11 nitrogen and oxygen atoms in total. The summed E-state index contributed by atoms with van der Waals surface area (Å²) < 4.78 is 27.8. The Labute approximate surface area is 199 Å². The molecule has 0 unspecified atom stereocenters. The minimum absolute atomic E-state index is 0.0343. The van der Waals surface area contributed by atoms with Crippen molar-refractivity contribution in [2.75, 3.05) is 11.9 Å². The molecule has 2 bridgehead atoms. The zero-order chi connectivity index (χ0) is 23.7. The highest BCUT2D eigenvalue weighted by molar-refractivity contribution is 5.69. The molecule has 35 heavy (non-hydrogen) atoms. The van der Waals surface area contributed by atoms with E-state index < -0.39 is 24.5 Å². The number of alkyl halides is 1. The van der Waals surface area contributed by atoms with Crippen LogP contribution in [-0.4, -0.2) is 55.1 Å². The number of nitrogens with one attached hydrogen (secondary N) is 3. The second-order valence-electron chi connectivity index (χ2n) is 10.1. The van der Waals surface area contributed by atoms with E-state index >= 15 is 4.39 Å². The van der Waals surface area contributed by atoms with E-state index in [-0.39, 0.29) is 12.1 Å². The third kappa shape index (κ3) is 3.41. The van der Waals surface area contributed by atoms with Crippen LogP contribution < -0.4 is 10.6 Å². The Hall–Kier alpha value is -3.72. The number of hydrogen-bond donors (Lipinski definition) is 3. The molecule has 3 atom stereocenters. The second kappa shape index (κ2) is 7.39. The van der Waals surface area contributed by atoms with Gasteiger partial charge >= 0.3 is 6.09 Å². The van der Waals surface area contributed by atoms with Crippen molar-refractivity contribution in [1.29, 1.82) is 5.26 Å². The SMILES string of the molecule is N#Cc1cn2c(Nc3cc([C@@H]4OC[C@H](OC(=O)NC56CC(C5)C6)[C@@H]4F)[nH]n3)ncc(C3CC3)c2n1. The fourth-order valence-electron chi connectivity index (χ4n) is 5.44. The quantitative estimate of drug-likeness (QED) is 0.491. The monoisotopic (exact) mass is 478 g/mol. The van der Waals surface area contributed by atoms with E-state index in [1.165, 1.54) is 0 Å². The number of ether oxygens (including phenoxy) is 2. The number of H-pyrrole nitrogens is 1. The first-order chi connectivity index (χ1) is 17.0. The van der Waals surface area contributed by atoms with Gasteiger partial charge in [0.15, 0.2) is 23.8 Å². The number of aromatic amines is 1. The second-order valence-corrected chi connectivity index (χ2v) is 10.1. The molecule has 4 heterocycles. The van der Waals surface area contributed by atoms with Crippen molar-refractivity contribution in [1.82, 2.24) is 29.9 Å². The van der Waals surface area contributed by atoms with E-state index in [9.17, 15) is 10.1 Å². The fourth-order valence-corrected chi connectivity index (χ4v) is 5.44. The summed E-state index contributed by atoms with van der Waals surface area (Å²) >= 11 is 0. The van der Waals surface area contributed by atoms with Gasteiger partial charge in [-0.1, -0.05) is 0 Å². The summed E-state index contributed by atoms with van der Waals surface area (Å²) in [7, 11) is 0. The van der Waals surface area contributed by atoms with Gasteiger partial charge in [-0.3, -0.25) is 9.50 Å². The number of anilines is 2. The molecule has 5 aliphatic rings. The zero-order valence-electron chi connectivity index (χ0n) is 18.7. The van der Waals surface area contributed by atoms with Crippen LogP contribution in [0.3, 0.4) is 0 Å². The number of rotatable bonds is 6. The largest absolute Gasteiger partial charge is 0.441 e. The molecule has 0 radical (unpaired) electrons. The number of carbonyl (C=O) groups is 1. The summed E-state index contributed by atoms with van der Waals surface area (Å²) in [6.07, 6.45) is 4.47. The predicted octanol–water partition coefficient (Wildman–Crippen LogP) is 3.00. The van der Waals surface area contributed by atoms with Crippen LogP contribution in [0.15, 0.2) is 18.5 Å². The minimum Gasteiger partial charge on any atom is -0.441 e. The number of carbonyl (C=O) groups excluding carboxylic acids is 1. The lowest BCUT2D eigenvalue weighted by Gasteiger charge is -2.61. The smallest absolute Gasteiger partial charge is 0.408 e. The number of fused-ring (bicyclic) bond motifs is 1. The Morgan fingerprint density at radius 1 is 1.37 bits per heavy atom. The maximum atomic E-state index is 15.1. The fraction of sp³-hybridized carbons (Fsp3) is 0.522.